The number of benzene rings is 2. The molecule has 2 aliphatic heterocycles. The van der Waals surface area contributed by atoms with E-state index >= 15 is 0 Å². The molecule has 3 amide bonds. The molecule has 0 spiro atoms. The Morgan fingerprint density at radius 3 is 2.41 bits per heavy atom. The molecule has 2 saturated carbocycles. The normalized spacial score (nSPS) is 30.0. The van der Waals surface area contributed by atoms with Crippen molar-refractivity contribution in [2.45, 2.75) is 35.6 Å². The van der Waals surface area contributed by atoms with Crippen LogP contribution in [-0.2, 0) is 14.4 Å². The van der Waals surface area contributed by atoms with Crippen LogP contribution in [0.3, 0.4) is 0 Å². The predicted octanol–water partition coefficient (Wildman–Crippen LogP) is 3.95. The van der Waals surface area contributed by atoms with Gasteiger partial charge in [0.2, 0.25) is 17.7 Å². The first-order chi connectivity index (χ1) is 19.8. The molecule has 1 aromatic heterocycles. The van der Waals surface area contributed by atoms with Crippen LogP contribution >= 0.6 is 23.1 Å². The fraction of sp³-hybridized carbons (Fsp3) is 0.400. The van der Waals surface area contributed by atoms with Gasteiger partial charge in [0.25, 0.3) is 0 Å². The zero-order valence-electron chi connectivity index (χ0n) is 22.7. The Balaban J connectivity index is 1.24. The molecule has 1 saturated heterocycles. The Morgan fingerprint density at radius 2 is 1.71 bits per heavy atom. The lowest BCUT2D eigenvalue weighted by molar-refractivity contribution is -0.146. The first kappa shape index (κ1) is 26.3. The standard InChI is InChI=1S/C30H29N3O6S2/c1-13(26(34)31-15-7-5-4-6-8-15)33-28(35)22-16-12-17(23(22)29(33)36)24-21(16)20(25-27(40-24)32-30(37)41-25)14-9-10-18(38-2)19(11-14)39-3/h4-11,13,16-17,20-24H,12H2,1-3H3,(H,31,34)(H,32,37). The quantitative estimate of drug-likeness (QED) is 0.417. The summed E-state index contributed by atoms with van der Waals surface area (Å²) in [4.78, 5) is 58.5. The number of rotatable bonds is 6. The molecule has 8 unspecified atom stereocenters. The highest BCUT2D eigenvalue weighted by atomic mass is 32.2. The lowest BCUT2D eigenvalue weighted by atomic mass is 9.68. The van der Waals surface area contributed by atoms with E-state index in [2.05, 4.69) is 10.3 Å². The number of imide groups is 1. The van der Waals surface area contributed by atoms with Crippen LogP contribution in [-0.4, -0.2) is 53.1 Å². The number of thioether (sulfide) groups is 1. The van der Waals surface area contributed by atoms with E-state index in [1.807, 2.05) is 36.4 Å². The van der Waals surface area contributed by atoms with Crippen molar-refractivity contribution < 1.29 is 23.9 Å². The molecule has 9 nitrogen and oxygen atoms in total. The maximum Gasteiger partial charge on any atom is 0.305 e. The second-order valence-corrected chi connectivity index (χ2v) is 13.4. The summed E-state index contributed by atoms with van der Waals surface area (Å²) >= 11 is 2.85. The number of ether oxygens (including phenoxy) is 2. The van der Waals surface area contributed by atoms with Gasteiger partial charge in [-0.2, -0.15) is 0 Å². The van der Waals surface area contributed by atoms with E-state index in [4.69, 9.17) is 9.47 Å². The van der Waals surface area contributed by atoms with Gasteiger partial charge in [0, 0.05) is 21.7 Å². The molecular formula is C30H29N3O6S2. The second-order valence-electron chi connectivity index (χ2n) is 11.2. The Morgan fingerprint density at radius 1 is 1.00 bits per heavy atom. The number of fused-ring (bicyclic) bond motifs is 9. The zero-order valence-corrected chi connectivity index (χ0v) is 24.3. The highest BCUT2D eigenvalue weighted by Gasteiger charge is 2.70. The van der Waals surface area contributed by atoms with E-state index in [0.29, 0.717) is 17.2 Å². The smallest absolute Gasteiger partial charge is 0.305 e. The van der Waals surface area contributed by atoms with Crippen molar-refractivity contribution in [2.75, 3.05) is 19.5 Å². The number of aromatic nitrogens is 1. The lowest BCUT2D eigenvalue weighted by Crippen LogP contribution is -2.46. The molecule has 3 aromatic rings. The van der Waals surface area contributed by atoms with Crippen LogP contribution in [0.1, 0.15) is 29.7 Å². The average molecular weight is 592 g/mol. The first-order valence-electron chi connectivity index (χ1n) is 13.7. The molecule has 0 radical (unpaired) electrons. The summed E-state index contributed by atoms with van der Waals surface area (Å²) in [7, 11) is 3.18. The Bertz CT molecular complexity index is 1620. The van der Waals surface area contributed by atoms with Crippen molar-refractivity contribution in [1.82, 2.24) is 9.88 Å². The Hall–Kier alpha value is -3.57. The largest absolute Gasteiger partial charge is 0.493 e. The Labute approximate surface area is 244 Å². The third kappa shape index (κ3) is 3.89. The predicted molar refractivity (Wildman–Crippen MR) is 154 cm³/mol. The third-order valence-corrected chi connectivity index (χ3v) is 11.9. The summed E-state index contributed by atoms with van der Waals surface area (Å²) in [6.45, 7) is 1.62. The number of amides is 3. The summed E-state index contributed by atoms with van der Waals surface area (Å²) < 4.78 is 11.1. The first-order valence-corrected chi connectivity index (χ1v) is 15.4. The molecule has 212 valence electrons. The SMILES string of the molecule is COc1ccc(C2c3sc(=O)[nH]c3SC3C4CC(C5C(=O)N(C(C)C(=O)Nc6ccccc6)C(=O)C45)C23)cc1OC. The number of aromatic amines is 1. The molecule has 7 rings (SSSR count). The van der Waals surface area contributed by atoms with Crippen LogP contribution in [0, 0.1) is 29.6 Å². The number of hydrogen-bond acceptors (Lipinski definition) is 8. The van der Waals surface area contributed by atoms with Crippen molar-refractivity contribution in [1.29, 1.82) is 0 Å². The zero-order chi connectivity index (χ0) is 28.6. The van der Waals surface area contributed by atoms with Crippen LogP contribution in [0.25, 0.3) is 0 Å². The van der Waals surface area contributed by atoms with Gasteiger partial charge in [-0.25, -0.2) is 0 Å². The van der Waals surface area contributed by atoms with E-state index in [1.54, 1.807) is 45.0 Å². The molecule has 4 aliphatic rings. The van der Waals surface area contributed by atoms with E-state index in [9.17, 15) is 19.2 Å². The lowest BCUT2D eigenvalue weighted by Gasteiger charge is -2.43. The van der Waals surface area contributed by atoms with Gasteiger partial charge >= 0.3 is 4.87 Å². The number of nitrogens with one attached hydrogen (secondary N) is 2. The summed E-state index contributed by atoms with van der Waals surface area (Å²) in [5, 5.41) is 3.73. The van der Waals surface area contributed by atoms with Gasteiger partial charge in [0.1, 0.15) is 6.04 Å². The number of carbonyl (C=O) groups is 3. The van der Waals surface area contributed by atoms with Gasteiger partial charge in [-0.15, -0.1) is 11.8 Å². The minimum Gasteiger partial charge on any atom is -0.493 e. The third-order valence-electron chi connectivity index (χ3n) is 9.33. The van der Waals surface area contributed by atoms with Gasteiger partial charge in [-0.1, -0.05) is 35.6 Å². The fourth-order valence-electron chi connectivity index (χ4n) is 7.73. The monoisotopic (exact) mass is 591 g/mol. The minimum absolute atomic E-state index is 0.0231. The van der Waals surface area contributed by atoms with Crippen LogP contribution in [0.5, 0.6) is 11.5 Å². The molecule has 2 aromatic carbocycles. The van der Waals surface area contributed by atoms with Gasteiger partial charge in [0.05, 0.1) is 31.1 Å². The van der Waals surface area contributed by atoms with Crippen molar-refractivity contribution in [2.24, 2.45) is 29.6 Å². The van der Waals surface area contributed by atoms with E-state index in [0.717, 1.165) is 21.9 Å². The van der Waals surface area contributed by atoms with Crippen molar-refractivity contribution >= 4 is 46.5 Å². The van der Waals surface area contributed by atoms with Crippen molar-refractivity contribution in [3.05, 3.63) is 68.6 Å². The van der Waals surface area contributed by atoms with E-state index in [-0.39, 0.29) is 51.5 Å². The molecule has 2 N–H and O–H groups in total. The maximum absolute atomic E-state index is 14.0. The van der Waals surface area contributed by atoms with Crippen molar-refractivity contribution in [3.63, 3.8) is 0 Å². The summed E-state index contributed by atoms with van der Waals surface area (Å²) in [5.41, 5.74) is 1.60. The Kier molecular flexibility index (Phi) is 6.27. The highest BCUT2D eigenvalue weighted by Crippen LogP contribution is 2.68. The average Bonchev–Trinajstić information content (AvgIpc) is 3.71. The maximum atomic E-state index is 14.0. The van der Waals surface area contributed by atoms with Gasteiger partial charge < -0.3 is 19.8 Å². The van der Waals surface area contributed by atoms with Gasteiger partial charge in [-0.05, 0) is 60.9 Å². The molecule has 8 atom stereocenters. The molecule has 41 heavy (non-hydrogen) atoms. The molecule has 3 heterocycles. The number of carbonyl (C=O) groups excluding carboxylic acids is 3. The highest BCUT2D eigenvalue weighted by molar-refractivity contribution is 8.00. The molecule has 3 fully saturated rings. The number of anilines is 1. The summed E-state index contributed by atoms with van der Waals surface area (Å²) in [5.74, 6) is -0.764. The van der Waals surface area contributed by atoms with E-state index < -0.39 is 17.9 Å². The summed E-state index contributed by atoms with van der Waals surface area (Å²) in [6, 6.07) is 13.9. The van der Waals surface area contributed by atoms with Crippen molar-refractivity contribution in [3.8, 4) is 11.5 Å². The number of H-pyrrole nitrogens is 1. The molecule has 11 heteroatoms. The van der Waals surface area contributed by atoms with Gasteiger partial charge in [-0.3, -0.25) is 24.1 Å². The summed E-state index contributed by atoms with van der Waals surface area (Å²) in [6.07, 6.45) is 0.774. The number of nitrogens with zero attached hydrogens (tertiary/aromatic N) is 1. The number of thiazole rings is 1. The van der Waals surface area contributed by atoms with Crippen LogP contribution in [0.4, 0.5) is 5.69 Å². The number of para-hydroxylation sites is 1. The number of methoxy groups -OCH3 is 2. The molecular weight excluding hydrogens is 562 g/mol. The fourth-order valence-corrected chi connectivity index (χ4v) is 10.6. The minimum atomic E-state index is -0.922. The number of hydrogen-bond donors (Lipinski definition) is 2. The van der Waals surface area contributed by atoms with Crippen LogP contribution in [0.15, 0.2) is 58.4 Å². The van der Waals surface area contributed by atoms with E-state index in [1.165, 1.54) is 16.2 Å². The molecule has 2 aliphatic carbocycles. The topological polar surface area (TPSA) is 118 Å². The second kappa shape index (κ2) is 9.77. The van der Waals surface area contributed by atoms with Crippen LogP contribution < -0.4 is 19.7 Å². The number of likely N-dealkylation sites (tertiary alicyclic amines) is 1. The van der Waals surface area contributed by atoms with Crippen LogP contribution in [0.2, 0.25) is 0 Å². The van der Waals surface area contributed by atoms with Gasteiger partial charge in [0.15, 0.2) is 11.5 Å². The molecule has 2 bridgehead atoms.